The molecule has 1 saturated heterocycles. The van der Waals surface area contributed by atoms with Crippen LogP contribution in [0.15, 0.2) is 18.5 Å². The van der Waals surface area contributed by atoms with Crippen LogP contribution < -0.4 is 10.2 Å². The second-order valence-electron chi connectivity index (χ2n) is 6.50. The molecule has 4 heteroatoms. The molecule has 1 N–H and O–H groups in total. The van der Waals surface area contributed by atoms with Crippen molar-refractivity contribution in [1.29, 1.82) is 0 Å². The summed E-state index contributed by atoms with van der Waals surface area (Å²) in [5.74, 6) is 0.679. The molecule has 1 aromatic heterocycles. The lowest BCUT2D eigenvalue weighted by Crippen LogP contribution is -2.32. The van der Waals surface area contributed by atoms with Crippen molar-refractivity contribution in [2.24, 2.45) is 5.92 Å². The highest BCUT2D eigenvalue weighted by Gasteiger charge is 2.13. The van der Waals surface area contributed by atoms with Crippen LogP contribution in [0.5, 0.6) is 0 Å². The average Bonchev–Trinajstić information content (AvgIpc) is 2.98. The number of anilines is 1. The van der Waals surface area contributed by atoms with E-state index >= 15 is 0 Å². The maximum Gasteiger partial charge on any atom is 0.0440 e. The predicted molar refractivity (Wildman–Crippen MR) is 89.7 cm³/mol. The fourth-order valence-electron chi connectivity index (χ4n) is 2.84. The van der Waals surface area contributed by atoms with Crippen LogP contribution in [0.1, 0.15) is 32.3 Å². The maximum absolute atomic E-state index is 4.29. The minimum Gasteiger partial charge on any atom is -0.373 e. The quantitative estimate of drug-likeness (QED) is 0.796. The van der Waals surface area contributed by atoms with Crippen LogP contribution >= 0.6 is 0 Å². The first kappa shape index (κ1) is 16.2. The normalized spacial score (nSPS) is 15.8. The van der Waals surface area contributed by atoms with E-state index in [-0.39, 0.29) is 0 Å². The maximum atomic E-state index is 4.29. The van der Waals surface area contributed by atoms with Crippen molar-refractivity contribution in [1.82, 2.24) is 15.2 Å². The third kappa shape index (κ3) is 5.29. The molecule has 0 radical (unpaired) electrons. The molecule has 0 bridgehead atoms. The zero-order chi connectivity index (χ0) is 15.1. The molecule has 0 saturated carbocycles. The van der Waals surface area contributed by atoms with Gasteiger partial charge in [-0.05, 0) is 44.5 Å². The molecule has 0 aliphatic carbocycles. The summed E-state index contributed by atoms with van der Waals surface area (Å²) >= 11 is 0. The third-order valence-electron chi connectivity index (χ3n) is 4.11. The number of pyridine rings is 1. The van der Waals surface area contributed by atoms with E-state index in [4.69, 9.17) is 0 Å². The number of rotatable bonds is 8. The summed E-state index contributed by atoms with van der Waals surface area (Å²) in [5, 5.41) is 3.52. The Bertz CT molecular complexity index is 413. The van der Waals surface area contributed by atoms with Gasteiger partial charge in [-0.2, -0.15) is 0 Å². The minimum atomic E-state index is 0.679. The fraction of sp³-hybridized carbons (Fsp3) is 0.706. The monoisotopic (exact) mass is 290 g/mol. The summed E-state index contributed by atoms with van der Waals surface area (Å²) in [6, 6.07) is 2.14. The number of likely N-dealkylation sites (N-methyl/N-ethyl adjacent to an activating group) is 1. The number of nitrogens with zero attached hydrogens (tertiary/aromatic N) is 3. The van der Waals surface area contributed by atoms with E-state index < -0.39 is 0 Å². The van der Waals surface area contributed by atoms with Gasteiger partial charge < -0.3 is 15.1 Å². The first-order chi connectivity index (χ1) is 10.2. The lowest BCUT2D eigenvalue weighted by atomic mass is 10.2. The van der Waals surface area contributed by atoms with E-state index in [9.17, 15) is 0 Å². The summed E-state index contributed by atoms with van der Waals surface area (Å²) in [5.41, 5.74) is 2.60. The smallest absolute Gasteiger partial charge is 0.0440 e. The zero-order valence-corrected chi connectivity index (χ0v) is 13.8. The Morgan fingerprint density at radius 3 is 2.81 bits per heavy atom. The van der Waals surface area contributed by atoms with Gasteiger partial charge in [0.2, 0.25) is 0 Å². The Kier molecular flexibility index (Phi) is 6.46. The minimum absolute atomic E-state index is 0.679. The number of hydrogen-bond donors (Lipinski definition) is 1. The Labute approximate surface area is 129 Å². The Hall–Kier alpha value is -1.13. The van der Waals surface area contributed by atoms with Crippen LogP contribution in [-0.4, -0.2) is 49.7 Å². The molecule has 2 rings (SSSR count). The molecule has 0 spiro atoms. The number of aromatic nitrogens is 1. The van der Waals surface area contributed by atoms with Crippen LogP contribution in [0.4, 0.5) is 5.69 Å². The van der Waals surface area contributed by atoms with Gasteiger partial charge in [0.15, 0.2) is 0 Å². The zero-order valence-electron chi connectivity index (χ0n) is 13.8. The SMILES string of the molecule is CC(C)CNCc1cnccc1N(C)CCN1CCCC1. The van der Waals surface area contributed by atoms with Gasteiger partial charge in [-0.25, -0.2) is 0 Å². The highest BCUT2D eigenvalue weighted by atomic mass is 15.2. The number of nitrogens with one attached hydrogen (secondary N) is 1. The Morgan fingerprint density at radius 1 is 1.33 bits per heavy atom. The largest absolute Gasteiger partial charge is 0.373 e. The van der Waals surface area contributed by atoms with E-state index in [0.717, 1.165) is 26.2 Å². The average molecular weight is 290 g/mol. The van der Waals surface area contributed by atoms with Crippen LogP contribution in [0, 0.1) is 5.92 Å². The van der Waals surface area contributed by atoms with Crippen molar-refractivity contribution in [3.05, 3.63) is 24.0 Å². The summed E-state index contributed by atoms with van der Waals surface area (Å²) in [7, 11) is 2.19. The van der Waals surface area contributed by atoms with Gasteiger partial charge in [0.1, 0.15) is 0 Å². The molecule has 0 aromatic carbocycles. The molecule has 2 heterocycles. The number of hydrogen-bond acceptors (Lipinski definition) is 4. The van der Waals surface area contributed by atoms with E-state index in [1.165, 1.54) is 37.2 Å². The lowest BCUT2D eigenvalue weighted by molar-refractivity contribution is 0.346. The molecule has 1 aromatic rings. The van der Waals surface area contributed by atoms with Gasteiger partial charge in [0, 0.05) is 50.3 Å². The fourth-order valence-corrected chi connectivity index (χ4v) is 2.84. The number of likely N-dealkylation sites (tertiary alicyclic amines) is 1. The van der Waals surface area contributed by atoms with Crippen molar-refractivity contribution in [3.63, 3.8) is 0 Å². The second-order valence-corrected chi connectivity index (χ2v) is 6.50. The second kappa shape index (κ2) is 8.35. The topological polar surface area (TPSA) is 31.4 Å². The molecule has 0 unspecified atom stereocenters. The Morgan fingerprint density at radius 2 is 2.10 bits per heavy atom. The van der Waals surface area contributed by atoms with Gasteiger partial charge >= 0.3 is 0 Å². The first-order valence-corrected chi connectivity index (χ1v) is 8.24. The Balaban J connectivity index is 1.87. The van der Waals surface area contributed by atoms with Crippen LogP contribution in [0.25, 0.3) is 0 Å². The summed E-state index contributed by atoms with van der Waals surface area (Å²) in [6.45, 7) is 11.2. The van der Waals surface area contributed by atoms with E-state index in [2.05, 4.69) is 47.1 Å². The predicted octanol–water partition coefficient (Wildman–Crippen LogP) is 2.36. The molecule has 21 heavy (non-hydrogen) atoms. The molecule has 0 atom stereocenters. The van der Waals surface area contributed by atoms with Crippen LogP contribution in [0.3, 0.4) is 0 Å². The standard InChI is InChI=1S/C17H30N4/c1-15(2)12-19-14-16-13-18-7-6-17(16)20(3)10-11-21-8-4-5-9-21/h6-7,13,15,19H,4-5,8-12,14H2,1-3H3. The third-order valence-corrected chi connectivity index (χ3v) is 4.11. The molecule has 1 aliphatic rings. The van der Waals surface area contributed by atoms with E-state index in [0.29, 0.717) is 5.92 Å². The van der Waals surface area contributed by atoms with Crippen LogP contribution in [-0.2, 0) is 6.54 Å². The van der Waals surface area contributed by atoms with Gasteiger partial charge in [-0.1, -0.05) is 13.8 Å². The van der Waals surface area contributed by atoms with Gasteiger partial charge in [-0.15, -0.1) is 0 Å². The van der Waals surface area contributed by atoms with Crippen molar-refractivity contribution < 1.29 is 0 Å². The van der Waals surface area contributed by atoms with Crippen LogP contribution in [0.2, 0.25) is 0 Å². The van der Waals surface area contributed by atoms with E-state index in [1.807, 2.05) is 12.4 Å². The van der Waals surface area contributed by atoms with Gasteiger partial charge in [0.05, 0.1) is 0 Å². The molecule has 1 fully saturated rings. The molecule has 4 nitrogen and oxygen atoms in total. The van der Waals surface area contributed by atoms with Crippen molar-refractivity contribution >= 4 is 5.69 Å². The molecular weight excluding hydrogens is 260 g/mol. The van der Waals surface area contributed by atoms with Crippen molar-refractivity contribution in [2.75, 3.05) is 44.7 Å². The first-order valence-electron chi connectivity index (χ1n) is 8.24. The highest BCUT2D eigenvalue weighted by molar-refractivity contribution is 5.51. The summed E-state index contributed by atoms with van der Waals surface area (Å²) in [4.78, 5) is 9.22. The summed E-state index contributed by atoms with van der Waals surface area (Å²) in [6.07, 6.45) is 6.62. The highest BCUT2D eigenvalue weighted by Crippen LogP contribution is 2.18. The van der Waals surface area contributed by atoms with Gasteiger partial charge in [0.25, 0.3) is 0 Å². The molecular formula is C17H30N4. The molecule has 1 aliphatic heterocycles. The summed E-state index contributed by atoms with van der Waals surface area (Å²) < 4.78 is 0. The van der Waals surface area contributed by atoms with Crippen molar-refractivity contribution in [2.45, 2.75) is 33.2 Å². The molecule has 0 amide bonds. The van der Waals surface area contributed by atoms with E-state index in [1.54, 1.807) is 0 Å². The lowest BCUT2D eigenvalue weighted by Gasteiger charge is -2.25. The van der Waals surface area contributed by atoms with Crippen molar-refractivity contribution in [3.8, 4) is 0 Å². The van der Waals surface area contributed by atoms with Gasteiger partial charge in [-0.3, -0.25) is 4.98 Å². The molecule has 118 valence electrons.